The van der Waals surface area contributed by atoms with Crippen LogP contribution < -0.4 is 4.72 Å². The van der Waals surface area contributed by atoms with Gasteiger partial charge in [0.05, 0.1) is 5.75 Å². The topological polar surface area (TPSA) is 46.2 Å². The Hall–Kier alpha value is -0.0600. The van der Waals surface area contributed by atoms with Crippen LogP contribution in [0, 0.1) is 0 Å². The van der Waals surface area contributed by atoms with Crippen molar-refractivity contribution >= 4 is 21.6 Å². The van der Waals surface area contributed by atoms with E-state index in [9.17, 15) is 8.42 Å². The van der Waals surface area contributed by atoms with Gasteiger partial charge in [0.25, 0.3) is 0 Å². The molecule has 0 rings (SSSR count). The van der Waals surface area contributed by atoms with Gasteiger partial charge in [-0.15, -0.1) is 18.2 Å². The summed E-state index contributed by atoms with van der Waals surface area (Å²) in [4.78, 5) is 0. The summed E-state index contributed by atoms with van der Waals surface area (Å²) in [6.07, 6.45) is 1.52. The first-order valence-electron chi connectivity index (χ1n) is 3.20. The molecule has 5 heteroatoms. The van der Waals surface area contributed by atoms with Gasteiger partial charge in [0, 0.05) is 11.9 Å². The first-order chi connectivity index (χ1) is 5.02. The van der Waals surface area contributed by atoms with Gasteiger partial charge in [-0.3, -0.25) is 0 Å². The van der Waals surface area contributed by atoms with E-state index in [1.807, 2.05) is 0 Å². The number of hydrogen-bond donors (Lipinski definition) is 1. The fraction of sp³-hybridized carbons (Fsp3) is 0.667. The molecule has 0 radical (unpaired) electrons. The second-order valence-corrected chi connectivity index (χ2v) is 4.40. The summed E-state index contributed by atoms with van der Waals surface area (Å²) in [5, 5.41) is 0. The Morgan fingerprint density at radius 3 is 2.64 bits per heavy atom. The van der Waals surface area contributed by atoms with E-state index in [-0.39, 0.29) is 17.7 Å². The van der Waals surface area contributed by atoms with Crippen molar-refractivity contribution in [2.24, 2.45) is 0 Å². The Labute approximate surface area is 72.5 Å². The Morgan fingerprint density at radius 1 is 1.73 bits per heavy atom. The highest BCUT2D eigenvalue weighted by atomic mass is 35.5. The van der Waals surface area contributed by atoms with E-state index < -0.39 is 10.0 Å². The highest BCUT2D eigenvalue weighted by Gasteiger charge is 2.10. The van der Waals surface area contributed by atoms with Crippen LogP contribution in [0.1, 0.15) is 6.92 Å². The van der Waals surface area contributed by atoms with Crippen LogP contribution >= 0.6 is 11.6 Å². The molecule has 11 heavy (non-hydrogen) atoms. The zero-order valence-electron chi connectivity index (χ0n) is 6.38. The van der Waals surface area contributed by atoms with E-state index in [0.717, 1.165) is 0 Å². The minimum absolute atomic E-state index is 0.0489. The summed E-state index contributed by atoms with van der Waals surface area (Å²) in [5.74, 6) is 0.0614. The van der Waals surface area contributed by atoms with Crippen molar-refractivity contribution in [2.75, 3.05) is 11.6 Å². The number of hydrogen-bond acceptors (Lipinski definition) is 2. The Kier molecular flexibility index (Phi) is 4.72. The van der Waals surface area contributed by atoms with Crippen molar-refractivity contribution in [3.05, 3.63) is 12.7 Å². The highest BCUT2D eigenvalue weighted by molar-refractivity contribution is 7.89. The van der Waals surface area contributed by atoms with Gasteiger partial charge in [-0.05, 0) is 6.92 Å². The van der Waals surface area contributed by atoms with Crippen LogP contribution in [-0.4, -0.2) is 26.1 Å². The van der Waals surface area contributed by atoms with Crippen molar-refractivity contribution in [1.29, 1.82) is 0 Å². The molecule has 0 fully saturated rings. The zero-order valence-corrected chi connectivity index (χ0v) is 7.95. The minimum Gasteiger partial charge on any atom is -0.212 e. The van der Waals surface area contributed by atoms with Gasteiger partial charge in [0.1, 0.15) is 0 Å². The normalized spacial score (nSPS) is 14.4. The molecule has 1 N–H and O–H groups in total. The molecule has 0 saturated heterocycles. The SMILES string of the molecule is C=CC(C)NS(=O)(=O)CCCl. The van der Waals surface area contributed by atoms with Crippen LogP contribution in [0.15, 0.2) is 12.7 Å². The van der Waals surface area contributed by atoms with Gasteiger partial charge in [0.2, 0.25) is 10.0 Å². The average Bonchev–Trinajstić information content (AvgIpc) is 1.86. The van der Waals surface area contributed by atoms with Crippen molar-refractivity contribution in [3.8, 4) is 0 Å². The first-order valence-corrected chi connectivity index (χ1v) is 5.39. The van der Waals surface area contributed by atoms with Crippen LogP contribution in [0.3, 0.4) is 0 Å². The molecule has 0 aromatic rings. The average molecular weight is 198 g/mol. The smallest absolute Gasteiger partial charge is 0.212 e. The molecule has 0 amide bonds. The van der Waals surface area contributed by atoms with Gasteiger partial charge in [0.15, 0.2) is 0 Å². The maximum absolute atomic E-state index is 11.0. The van der Waals surface area contributed by atoms with E-state index in [4.69, 9.17) is 11.6 Å². The molecule has 0 heterocycles. The molecular formula is C6H12ClNO2S. The van der Waals surface area contributed by atoms with E-state index in [0.29, 0.717) is 0 Å². The summed E-state index contributed by atoms with van der Waals surface area (Å²) in [6, 6.07) is -0.233. The van der Waals surface area contributed by atoms with E-state index in [1.54, 1.807) is 6.92 Å². The maximum atomic E-state index is 11.0. The van der Waals surface area contributed by atoms with Crippen molar-refractivity contribution < 1.29 is 8.42 Å². The molecule has 0 spiro atoms. The molecule has 3 nitrogen and oxygen atoms in total. The fourth-order valence-electron chi connectivity index (χ4n) is 0.492. The van der Waals surface area contributed by atoms with Crippen LogP contribution in [0.25, 0.3) is 0 Å². The third-order valence-electron chi connectivity index (χ3n) is 1.06. The molecule has 1 atom stereocenters. The molecule has 0 aromatic carbocycles. The third-order valence-corrected chi connectivity index (χ3v) is 2.95. The Bertz CT molecular complexity index is 213. The summed E-state index contributed by atoms with van der Waals surface area (Å²) in [5.41, 5.74) is 0. The number of halogens is 1. The largest absolute Gasteiger partial charge is 0.213 e. The number of alkyl halides is 1. The first kappa shape index (κ1) is 10.9. The maximum Gasteiger partial charge on any atom is 0.213 e. The predicted molar refractivity (Wildman–Crippen MR) is 47.3 cm³/mol. The monoisotopic (exact) mass is 197 g/mol. The summed E-state index contributed by atoms with van der Waals surface area (Å²) in [6.45, 7) is 5.15. The number of rotatable bonds is 5. The lowest BCUT2D eigenvalue weighted by Gasteiger charge is -2.07. The molecule has 66 valence electrons. The molecule has 0 aliphatic carbocycles. The van der Waals surface area contributed by atoms with Crippen LogP contribution in [-0.2, 0) is 10.0 Å². The van der Waals surface area contributed by atoms with Crippen LogP contribution in [0.2, 0.25) is 0 Å². The zero-order chi connectivity index (χ0) is 8.91. The molecule has 1 unspecified atom stereocenters. The minimum atomic E-state index is -3.20. The van der Waals surface area contributed by atoms with E-state index >= 15 is 0 Å². The quantitative estimate of drug-likeness (QED) is 0.522. The lowest BCUT2D eigenvalue weighted by atomic mass is 10.4. The summed E-state index contributed by atoms with van der Waals surface area (Å²) in [7, 11) is -3.20. The molecular weight excluding hydrogens is 186 g/mol. The second kappa shape index (κ2) is 4.74. The highest BCUT2D eigenvalue weighted by Crippen LogP contribution is 1.91. The van der Waals surface area contributed by atoms with Crippen LogP contribution in [0.5, 0.6) is 0 Å². The Balaban J connectivity index is 4.02. The van der Waals surface area contributed by atoms with E-state index in [1.165, 1.54) is 6.08 Å². The predicted octanol–water partition coefficient (Wildman–Crippen LogP) is 0.719. The van der Waals surface area contributed by atoms with Crippen molar-refractivity contribution in [2.45, 2.75) is 13.0 Å². The second-order valence-electron chi connectivity index (χ2n) is 2.15. The summed E-state index contributed by atoms with van der Waals surface area (Å²) < 4.78 is 24.3. The van der Waals surface area contributed by atoms with Gasteiger partial charge >= 0.3 is 0 Å². The lowest BCUT2D eigenvalue weighted by molar-refractivity contribution is 0.578. The van der Waals surface area contributed by atoms with Gasteiger partial charge in [-0.1, -0.05) is 6.08 Å². The Morgan fingerprint density at radius 2 is 2.27 bits per heavy atom. The molecule has 0 aliphatic rings. The number of sulfonamides is 1. The van der Waals surface area contributed by atoms with Gasteiger partial charge in [-0.2, -0.15) is 0 Å². The number of nitrogens with one attached hydrogen (secondary N) is 1. The fourth-order valence-corrected chi connectivity index (χ4v) is 2.08. The molecule has 0 bridgehead atoms. The standard InChI is InChI=1S/C6H12ClNO2S/c1-3-6(2)8-11(9,10)5-4-7/h3,6,8H,1,4-5H2,2H3. The summed E-state index contributed by atoms with van der Waals surface area (Å²) >= 11 is 5.27. The van der Waals surface area contributed by atoms with Crippen molar-refractivity contribution in [3.63, 3.8) is 0 Å². The molecule has 0 saturated carbocycles. The van der Waals surface area contributed by atoms with Crippen LogP contribution in [0.4, 0.5) is 0 Å². The van der Waals surface area contributed by atoms with Gasteiger partial charge in [-0.25, -0.2) is 13.1 Å². The lowest BCUT2D eigenvalue weighted by Crippen LogP contribution is -2.33. The van der Waals surface area contributed by atoms with Gasteiger partial charge < -0.3 is 0 Å². The van der Waals surface area contributed by atoms with E-state index in [2.05, 4.69) is 11.3 Å². The third kappa shape index (κ3) is 5.24. The molecule has 0 aromatic heterocycles. The molecule has 0 aliphatic heterocycles. The van der Waals surface area contributed by atoms with Crippen molar-refractivity contribution in [1.82, 2.24) is 4.72 Å².